The topological polar surface area (TPSA) is 29.9 Å². The number of aromatic nitrogens is 2. The molecule has 0 saturated heterocycles. The number of halogens is 3. The van der Waals surface area contributed by atoms with Gasteiger partial charge in [0, 0.05) is 19.5 Å². The molecule has 0 aliphatic rings. The fourth-order valence-electron chi connectivity index (χ4n) is 1.31. The van der Waals surface area contributed by atoms with Gasteiger partial charge >= 0.3 is 6.18 Å². The SMILES string of the molecule is CNC(C)Cc1cc(C(F)(F)F)n(C)n1. The Morgan fingerprint density at radius 2 is 2.13 bits per heavy atom. The summed E-state index contributed by atoms with van der Waals surface area (Å²) in [6, 6.07) is 1.20. The van der Waals surface area contributed by atoms with Gasteiger partial charge in [-0.25, -0.2) is 0 Å². The minimum Gasteiger partial charge on any atom is -0.317 e. The molecule has 0 aliphatic heterocycles. The molecule has 3 nitrogen and oxygen atoms in total. The molecule has 0 spiro atoms. The van der Waals surface area contributed by atoms with Gasteiger partial charge < -0.3 is 5.32 Å². The molecule has 15 heavy (non-hydrogen) atoms. The minimum atomic E-state index is -4.33. The summed E-state index contributed by atoms with van der Waals surface area (Å²) in [6.07, 6.45) is -3.84. The summed E-state index contributed by atoms with van der Waals surface area (Å²) in [5.41, 5.74) is -0.257. The Kier molecular flexibility index (Phi) is 3.38. The van der Waals surface area contributed by atoms with Gasteiger partial charge in [-0.1, -0.05) is 0 Å². The van der Waals surface area contributed by atoms with Crippen LogP contribution in [0.2, 0.25) is 0 Å². The predicted molar refractivity (Wildman–Crippen MR) is 50.4 cm³/mol. The molecule has 1 rings (SSSR count). The number of aryl methyl sites for hydroxylation is 1. The van der Waals surface area contributed by atoms with Crippen LogP contribution in [-0.4, -0.2) is 22.9 Å². The van der Waals surface area contributed by atoms with Gasteiger partial charge in [-0.15, -0.1) is 0 Å². The first-order valence-corrected chi connectivity index (χ1v) is 4.62. The van der Waals surface area contributed by atoms with E-state index in [1.807, 2.05) is 6.92 Å². The Balaban J connectivity index is 2.86. The van der Waals surface area contributed by atoms with Gasteiger partial charge in [-0.3, -0.25) is 4.68 Å². The quantitative estimate of drug-likeness (QED) is 0.840. The van der Waals surface area contributed by atoms with Crippen molar-refractivity contribution < 1.29 is 13.2 Å². The number of hydrogen-bond acceptors (Lipinski definition) is 2. The van der Waals surface area contributed by atoms with Crippen LogP contribution in [0.1, 0.15) is 18.3 Å². The van der Waals surface area contributed by atoms with Crippen LogP contribution in [0.3, 0.4) is 0 Å². The molecule has 0 aromatic carbocycles. The molecule has 0 radical (unpaired) electrons. The van der Waals surface area contributed by atoms with E-state index in [9.17, 15) is 13.2 Å². The molecule has 1 atom stereocenters. The Morgan fingerprint density at radius 1 is 1.53 bits per heavy atom. The Morgan fingerprint density at radius 3 is 2.53 bits per heavy atom. The van der Waals surface area contributed by atoms with E-state index in [0.717, 1.165) is 10.7 Å². The summed E-state index contributed by atoms with van der Waals surface area (Å²) < 4.78 is 38.1. The first-order valence-electron chi connectivity index (χ1n) is 4.62. The number of rotatable bonds is 3. The van der Waals surface area contributed by atoms with Crippen LogP contribution in [-0.2, 0) is 19.6 Å². The normalized spacial score (nSPS) is 14.3. The van der Waals surface area contributed by atoms with Crippen LogP contribution in [0.25, 0.3) is 0 Å². The zero-order valence-electron chi connectivity index (χ0n) is 8.89. The average molecular weight is 221 g/mol. The number of alkyl halides is 3. The second kappa shape index (κ2) is 4.22. The molecular weight excluding hydrogens is 207 g/mol. The summed E-state index contributed by atoms with van der Waals surface area (Å²) >= 11 is 0. The van der Waals surface area contributed by atoms with E-state index in [0.29, 0.717) is 12.1 Å². The zero-order chi connectivity index (χ0) is 11.6. The van der Waals surface area contributed by atoms with Crippen molar-refractivity contribution in [1.29, 1.82) is 0 Å². The van der Waals surface area contributed by atoms with Crippen molar-refractivity contribution in [2.75, 3.05) is 7.05 Å². The number of nitrogens with one attached hydrogen (secondary N) is 1. The molecule has 0 amide bonds. The third-order valence-corrected chi connectivity index (χ3v) is 2.23. The van der Waals surface area contributed by atoms with Gasteiger partial charge in [-0.2, -0.15) is 18.3 Å². The number of nitrogens with zero attached hydrogens (tertiary/aromatic N) is 2. The average Bonchev–Trinajstić information content (AvgIpc) is 2.45. The molecule has 1 aromatic heterocycles. The maximum atomic E-state index is 12.4. The molecule has 0 fully saturated rings. The summed E-state index contributed by atoms with van der Waals surface area (Å²) in [5.74, 6) is 0. The molecule has 0 aliphatic carbocycles. The highest BCUT2D eigenvalue weighted by atomic mass is 19.4. The highest BCUT2D eigenvalue weighted by Gasteiger charge is 2.34. The molecule has 0 bridgehead atoms. The van der Waals surface area contributed by atoms with Crippen molar-refractivity contribution >= 4 is 0 Å². The molecule has 1 N–H and O–H groups in total. The third-order valence-electron chi connectivity index (χ3n) is 2.23. The van der Waals surface area contributed by atoms with E-state index >= 15 is 0 Å². The monoisotopic (exact) mass is 221 g/mol. The van der Waals surface area contributed by atoms with Crippen LogP contribution in [0.15, 0.2) is 6.07 Å². The lowest BCUT2D eigenvalue weighted by atomic mass is 10.2. The van der Waals surface area contributed by atoms with Crippen molar-refractivity contribution in [3.05, 3.63) is 17.5 Å². The third kappa shape index (κ3) is 2.95. The van der Waals surface area contributed by atoms with Crippen LogP contribution < -0.4 is 5.32 Å². The molecule has 1 heterocycles. The molecular formula is C9H14F3N3. The van der Waals surface area contributed by atoms with E-state index in [1.54, 1.807) is 7.05 Å². The number of likely N-dealkylation sites (N-methyl/N-ethyl adjacent to an activating group) is 1. The van der Waals surface area contributed by atoms with Gasteiger partial charge in [-0.05, 0) is 20.0 Å². The van der Waals surface area contributed by atoms with Crippen molar-refractivity contribution in [3.8, 4) is 0 Å². The van der Waals surface area contributed by atoms with E-state index in [4.69, 9.17) is 0 Å². The summed E-state index contributed by atoms with van der Waals surface area (Å²) in [5, 5.41) is 6.77. The van der Waals surface area contributed by atoms with Gasteiger partial charge in [0.1, 0.15) is 5.69 Å². The van der Waals surface area contributed by atoms with Gasteiger partial charge in [0.2, 0.25) is 0 Å². The minimum absolute atomic E-state index is 0.112. The van der Waals surface area contributed by atoms with E-state index < -0.39 is 11.9 Å². The Labute approximate surface area is 86.3 Å². The maximum absolute atomic E-state index is 12.4. The maximum Gasteiger partial charge on any atom is 0.433 e. The van der Waals surface area contributed by atoms with Crippen molar-refractivity contribution in [2.45, 2.75) is 25.6 Å². The zero-order valence-corrected chi connectivity index (χ0v) is 8.89. The Bertz CT molecular complexity index is 330. The van der Waals surface area contributed by atoms with Gasteiger partial charge in [0.05, 0.1) is 5.69 Å². The van der Waals surface area contributed by atoms with Crippen molar-refractivity contribution in [3.63, 3.8) is 0 Å². The molecule has 1 aromatic rings. The second-order valence-corrected chi connectivity index (χ2v) is 3.54. The fourth-order valence-corrected chi connectivity index (χ4v) is 1.31. The molecule has 86 valence electrons. The molecule has 0 saturated carbocycles. The predicted octanol–water partition coefficient (Wildman–Crippen LogP) is 1.59. The second-order valence-electron chi connectivity index (χ2n) is 3.54. The summed E-state index contributed by atoms with van der Waals surface area (Å²) in [6.45, 7) is 1.89. The van der Waals surface area contributed by atoms with Crippen molar-refractivity contribution in [2.24, 2.45) is 7.05 Å². The standard InChI is InChI=1S/C9H14F3N3/c1-6(13-2)4-7-5-8(9(10,11)12)15(3)14-7/h5-6,13H,4H2,1-3H3. The summed E-state index contributed by atoms with van der Waals surface area (Å²) in [7, 11) is 3.06. The fraction of sp³-hybridized carbons (Fsp3) is 0.667. The van der Waals surface area contributed by atoms with Gasteiger partial charge in [0.15, 0.2) is 0 Å². The first kappa shape index (κ1) is 12.0. The smallest absolute Gasteiger partial charge is 0.317 e. The van der Waals surface area contributed by atoms with Crippen LogP contribution in [0, 0.1) is 0 Å². The van der Waals surface area contributed by atoms with Crippen LogP contribution >= 0.6 is 0 Å². The van der Waals surface area contributed by atoms with Crippen molar-refractivity contribution in [1.82, 2.24) is 15.1 Å². The molecule has 6 heteroatoms. The number of hydrogen-bond donors (Lipinski definition) is 1. The highest BCUT2D eigenvalue weighted by Crippen LogP contribution is 2.29. The van der Waals surface area contributed by atoms with Crippen LogP contribution in [0.5, 0.6) is 0 Å². The lowest BCUT2D eigenvalue weighted by Crippen LogP contribution is -2.23. The Hall–Kier alpha value is -1.04. The molecule has 1 unspecified atom stereocenters. The lowest BCUT2D eigenvalue weighted by Gasteiger charge is -2.06. The van der Waals surface area contributed by atoms with Crippen LogP contribution in [0.4, 0.5) is 13.2 Å². The highest BCUT2D eigenvalue weighted by molar-refractivity contribution is 5.14. The van der Waals surface area contributed by atoms with E-state index in [-0.39, 0.29) is 6.04 Å². The largest absolute Gasteiger partial charge is 0.433 e. The van der Waals surface area contributed by atoms with Gasteiger partial charge in [0.25, 0.3) is 0 Å². The first-order chi connectivity index (χ1) is 6.84. The van der Waals surface area contributed by atoms with E-state index in [2.05, 4.69) is 10.4 Å². The summed E-state index contributed by atoms with van der Waals surface area (Å²) in [4.78, 5) is 0. The lowest BCUT2D eigenvalue weighted by molar-refractivity contribution is -0.143. The van der Waals surface area contributed by atoms with E-state index in [1.165, 1.54) is 7.05 Å².